The first kappa shape index (κ1) is 23.3. The van der Waals surface area contributed by atoms with E-state index in [-0.39, 0.29) is 27.8 Å². The molecular weight excluding hydrogens is 457 g/mol. The largest absolute Gasteiger partial charge is 0.480 e. The first-order valence-electron chi connectivity index (χ1n) is 9.42. The number of aromatic nitrogens is 1. The first-order valence-corrected chi connectivity index (χ1v) is 10.2. The first-order chi connectivity index (χ1) is 15.2. The molecule has 0 aliphatic rings. The molecule has 1 atom stereocenters. The number of carboxylic acids is 1. The van der Waals surface area contributed by atoms with E-state index in [9.17, 15) is 19.5 Å². The highest BCUT2D eigenvalue weighted by Crippen LogP contribution is 2.29. The zero-order valence-corrected chi connectivity index (χ0v) is 18.6. The summed E-state index contributed by atoms with van der Waals surface area (Å²) in [6, 6.07) is 9.84. The lowest BCUT2D eigenvalue weighted by atomic mass is 10.0. The standard InChI is InChI=1S/C22H19Cl2N3O5/c1-27(2)22(31)32-17-9-8-12(19-13(17)5-4-10-25-19)11-16(21(29)30)26-20(28)18-14(23)6-3-7-15(18)24/h3-10,16H,11H2,1-2H3,(H,26,28)(H,29,30). The Hall–Kier alpha value is -3.36. The highest BCUT2D eigenvalue weighted by Gasteiger charge is 2.25. The molecule has 0 saturated carbocycles. The van der Waals surface area contributed by atoms with Crippen molar-refractivity contribution in [3.63, 3.8) is 0 Å². The average Bonchev–Trinajstić information content (AvgIpc) is 2.74. The van der Waals surface area contributed by atoms with E-state index in [4.69, 9.17) is 27.9 Å². The fourth-order valence-corrected chi connectivity index (χ4v) is 3.58. The number of benzene rings is 2. The van der Waals surface area contributed by atoms with E-state index < -0.39 is 24.0 Å². The van der Waals surface area contributed by atoms with Crippen molar-refractivity contribution in [1.29, 1.82) is 0 Å². The maximum Gasteiger partial charge on any atom is 0.414 e. The second-order valence-corrected chi connectivity index (χ2v) is 7.86. The minimum Gasteiger partial charge on any atom is -0.480 e. The molecule has 3 rings (SSSR count). The molecule has 10 heteroatoms. The number of amides is 2. The Balaban J connectivity index is 1.91. The summed E-state index contributed by atoms with van der Waals surface area (Å²) in [5.41, 5.74) is 0.993. The number of carboxylic acid groups (broad SMARTS) is 1. The monoisotopic (exact) mass is 475 g/mol. The van der Waals surface area contributed by atoms with E-state index in [2.05, 4.69) is 10.3 Å². The molecule has 2 aromatic carbocycles. The van der Waals surface area contributed by atoms with Crippen molar-refractivity contribution in [2.75, 3.05) is 14.1 Å². The lowest BCUT2D eigenvalue weighted by molar-refractivity contribution is -0.139. The molecule has 0 aliphatic carbocycles. The average molecular weight is 476 g/mol. The van der Waals surface area contributed by atoms with Crippen molar-refractivity contribution in [1.82, 2.24) is 15.2 Å². The molecule has 8 nitrogen and oxygen atoms in total. The number of ether oxygens (including phenoxy) is 1. The highest BCUT2D eigenvalue weighted by atomic mass is 35.5. The van der Waals surface area contributed by atoms with Gasteiger partial charge in [-0.2, -0.15) is 0 Å². The van der Waals surface area contributed by atoms with Crippen LogP contribution in [0.15, 0.2) is 48.7 Å². The van der Waals surface area contributed by atoms with Crippen molar-refractivity contribution < 1.29 is 24.2 Å². The molecular formula is C22H19Cl2N3O5. The lowest BCUT2D eigenvalue weighted by Crippen LogP contribution is -2.42. The third kappa shape index (κ3) is 5.09. The fraction of sp³-hybridized carbons (Fsp3) is 0.182. The number of carbonyl (C=O) groups excluding carboxylic acids is 2. The highest BCUT2D eigenvalue weighted by molar-refractivity contribution is 6.39. The fourth-order valence-electron chi connectivity index (χ4n) is 3.01. The van der Waals surface area contributed by atoms with Crippen LogP contribution in [0.2, 0.25) is 10.0 Å². The van der Waals surface area contributed by atoms with Crippen LogP contribution in [0.1, 0.15) is 15.9 Å². The molecule has 0 radical (unpaired) electrons. The second kappa shape index (κ2) is 9.84. The van der Waals surface area contributed by atoms with Gasteiger partial charge in [-0.15, -0.1) is 0 Å². The van der Waals surface area contributed by atoms with Crippen molar-refractivity contribution in [3.05, 3.63) is 69.8 Å². The van der Waals surface area contributed by atoms with E-state index in [0.717, 1.165) is 0 Å². The number of nitrogens with one attached hydrogen (secondary N) is 1. The van der Waals surface area contributed by atoms with Crippen LogP contribution in [-0.4, -0.2) is 53.1 Å². The number of nitrogens with zero attached hydrogens (tertiary/aromatic N) is 2. The number of aliphatic carboxylic acids is 1. The summed E-state index contributed by atoms with van der Waals surface area (Å²) in [6.45, 7) is 0. The maximum absolute atomic E-state index is 12.7. The Morgan fingerprint density at radius 1 is 1.09 bits per heavy atom. The molecule has 0 aliphatic heterocycles. The Labute approximate surface area is 193 Å². The molecule has 166 valence electrons. The number of hydrogen-bond acceptors (Lipinski definition) is 5. The maximum atomic E-state index is 12.7. The smallest absolute Gasteiger partial charge is 0.414 e. The SMILES string of the molecule is CN(C)C(=O)Oc1ccc(CC(NC(=O)c2c(Cl)cccc2Cl)C(=O)O)c2ncccc12. The number of pyridine rings is 1. The third-order valence-electron chi connectivity index (χ3n) is 4.59. The van der Waals surface area contributed by atoms with Gasteiger partial charge in [0.25, 0.3) is 5.91 Å². The minimum atomic E-state index is -1.28. The van der Waals surface area contributed by atoms with E-state index in [1.54, 1.807) is 50.6 Å². The van der Waals surface area contributed by atoms with Gasteiger partial charge in [-0.1, -0.05) is 35.3 Å². The van der Waals surface area contributed by atoms with E-state index in [1.165, 1.54) is 17.0 Å². The van der Waals surface area contributed by atoms with Crippen molar-refractivity contribution in [2.45, 2.75) is 12.5 Å². The molecule has 2 amide bonds. The van der Waals surface area contributed by atoms with Gasteiger partial charge in [-0.25, -0.2) is 9.59 Å². The van der Waals surface area contributed by atoms with Crippen LogP contribution in [0.5, 0.6) is 5.75 Å². The summed E-state index contributed by atoms with van der Waals surface area (Å²) in [5, 5.41) is 12.9. The normalized spacial score (nSPS) is 11.6. The van der Waals surface area contributed by atoms with Crippen LogP contribution < -0.4 is 10.1 Å². The molecule has 3 aromatic rings. The summed E-state index contributed by atoms with van der Waals surface area (Å²) in [6.07, 6.45) is 0.912. The number of carbonyl (C=O) groups is 3. The molecule has 0 bridgehead atoms. The molecule has 1 heterocycles. The van der Waals surface area contributed by atoms with Crippen molar-refractivity contribution in [3.8, 4) is 5.75 Å². The number of hydrogen-bond donors (Lipinski definition) is 2. The Morgan fingerprint density at radius 3 is 2.41 bits per heavy atom. The Morgan fingerprint density at radius 2 is 1.78 bits per heavy atom. The van der Waals surface area contributed by atoms with Crippen LogP contribution >= 0.6 is 23.2 Å². The topological polar surface area (TPSA) is 109 Å². The lowest BCUT2D eigenvalue weighted by Gasteiger charge is -2.18. The van der Waals surface area contributed by atoms with Crippen LogP contribution in [0.4, 0.5) is 4.79 Å². The molecule has 32 heavy (non-hydrogen) atoms. The molecule has 0 saturated heterocycles. The molecule has 2 N–H and O–H groups in total. The Bertz CT molecular complexity index is 1180. The van der Waals surface area contributed by atoms with Crippen LogP contribution in [0.25, 0.3) is 10.9 Å². The van der Waals surface area contributed by atoms with Gasteiger partial charge in [0.15, 0.2) is 0 Å². The van der Waals surface area contributed by atoms with Gasteiger partial charge in [0.1, 0.15) is 11.8 Å². The van der Waals surface area contributed by atoms with Crippen molar-refractivity contribution >= 4 is 52.1 Å². The van der Waals surface area contributed by atoms with Crippen LogP contribution in [0, 0.1) is 0 Å². The summed E-state index contributed by atoms with van der Waals surface area (Å²) >= 11 is 12.1. The molecule has 0 fully saturated rings. The van der Waals surface area contributed by atoms with Crippen LogP contribution in [-0.2, 0) is 11.2 Å². The second-order valence-electron chi connectivity index (χ2n) is 7.05. The number of rotatable bonds is 6. The van der Waals surface area contributed by atoms with Gasteiger partial charge in [0.05, 0.1) is 21.1 Å². The Kier molecular flexibility index (Phi) is 7.17. The van der Waals surface area contributed by atoms with Crippen molar-refractivity contribution in [2.24, 2.45) is 0 Å². The van der Waals surface area contributed by atoms with Gasteiger partial charge in [-0.3, -0.25) is 9.78 Å². The van der Waals surface area contributed by atoms with Gasteiger partial charge in [0.2, 0.25) is 0 Å². The summed E-state index contributed by atoms with van der Waals surface area (Å²) in [4.78, 5) is 42.1. The van der Waals surface area contributed by atoms with Gasteiger partial charge in [-0.05, 0) is 35.9 Å². The zero-order chi connectivity index (χ0) is 23.4. The predicted octanol–water partition coefficient (Wildman–Crippen LogP) is 4.03. The summed E-state index contributed by atoms with van der Waals surface area (Å²) in [5.74, 6) is -1.66. The predicted molar refractivity (Wildman–Crippen MR) is 121 cm³/mol. The van der Waals surface area contributed by atoms with Gasteiger partial charge in [0, 0.05) is 32.1 Å². The molecule has 1 unspecified atom stereocenters. The zero-order valence-electron chi connectivity index (χ0n) is 17.1. The van der Waals surface area contributed by atoms with Crippen LogP contribution in [0.3, 0.4) is 0 Å². The summed E-state index contributed by atoms with van der Waals surface area (Å²) in [7, 11) is 3.12. The van der Waals surface area contributed by atoms with Gasteiger partial charge < -0.3 is 20.1 Å². The van der Waals surface area contributed by atoms with E-state index in [0.29, 0.717) is 16.5 Å². The molecule has 1 aromatic heterocycles. The van der Waals surface area contributed by atoms with E-state index in [1.807, 2.05) is 0 Å². The minimum absolute atomic E-state index is 0.00369. The number of halogens is 2. The third-order valence-corrected chi connectivity index (χ3v) is 5.22. The summed E-state index contributed by atoms with van der Waals surface area (Å²) < 4.78 is 5.38. The quantitative estimate of drug-likeness (QED) is 0.556. The molecule has 0 spiro atoms. The van der Waals surface area contributed by atoms with E-state index >= 15 is 0 Å². The van der Waals surface area contributed by atoms with Gasteiger partial charge >= 0.3 is 12.1 Å². The number of fused-ring (bicyclic) bond motifs is 1.